The minimum Gasteiger partial charge on any atom is -0.324 e. The molecule has 0 saturated heterocycles. The van der Waals surface area contributed by atoms with Gasteiger partial charge in [0.15, 0.2) is 0 Å². The van der Waals surface area contributed by atoms with Gasteiger partial charge in [-0.1, -0.05) is 74.3 Å². The van der Waals surface area contributed by atoms with Crippen molar-refractivity contribution < 1.29 is 0 Å². The third-order valence-electron chi connectivity index (χ3n) is 7.62. The number of aryl methyl sites for hydroxylation is 3. The van der Waals surface area contributed by atoms with Gasteiger partial charge in [-0.2, -0.15) is 0 Å². The first kappa shape index (κ1) is 29.7. The number of hydrogen-bond donors (Lipinski definition) is 0. The summed E-state index contributed by atoms with van der Waals surface area (Å²) in [4.78, 5) is 0. The lowest BCUT2D eigenvalue weighted by Gasteiger charge is -2.08. The van der Waals surface area contributed by atoms with Crippen molar-refractivity contribution in [3.8, 4) is 22.5 Å². The molecule has 0 N–H and O–H groups in total. The zero-order valence-corrected chi connectivity index (χ0v) is 28.1. The average molecular weight is 704 g/mol. The number of benzene rings is 2. The minimum atomic E-state index is 1.11. The molecular weight excluding hydrogens is 670 g/mol. The summed E-state index contributed by atoms with van der Waals surface area (Å²) in [6, 6.07) is 42.4. The molecule has 3 nitrogen and oxygen atoms in total. The summed E-state index contributed by atoms with van der Waals surface area (Å²) >= 11 is 6.65. The second kappa shape index (κ2) is 13.1. The number of rotatable bonds is 2. The van der Waals surface area contributed by atoms with E-state index in [4.69, 9.17) is 0 Å². The monoisotopic (exact) mass is 701 g/mol. The van der Waals surface area contributed by atoms with Gasteiger partial charge in [-0.15, -0.1) is 0 Å². The second-order valence-corrected chi connectivity index (χ2v) is 12.7. The zero-order chi connectivity index (χ0) is 30.6. The van der Waals surface area contributed by atoms with E-state index in [9.17, 15) is 0 Å². The van der Waals surface area contributed by atoms with Gasteiger partial charge in [0, 0.05) is 50.3 Å². The number of halogens is 2. The Morgan fingerprint density at radius 1 is 0.455 bits per heavy atom. The van der Waals surface area contributed by atoms with E-state index in [1.54, 1.807) is 0 Å². The first-order valence-electron chi connectivity index (χ1n) is 14.6. The van der Waals surface area contributed by atoms with E-state index in [1.165, 1.54) is 55.8 Å². The first-order chi connectivity index (χ1) is 21.4. The third kappa shape index (κ3) is 6.45. The van der Waals surface area contributed by atoms with E-state index in [2.05, 4.69) is 182 Å². The molecular formula is C39H33Br2N3. The van der Waals surface area contributed by atoms with Crippen molar-refractivity contribution in [3.63, 3.8) is 0 Å². The molecule has 0 radical (unpaired) electrons. The molecule has 218 valence electrons. The van der Waals surface area contributed by atoms with Crippen LogP contribution in [0.1, 0.15) is 16.7 Å². The molecule has 5 heteroatoms. The lowest BCUT2D eigenvalue weighted by molar-refractivity contribution is 1.19. The van der Waals surface area contributed by atoms with Crippen LogP contribution in [-0.4, -0.2) is 13.2 Å². The minimum absolute atomic E-state index is 1.11. The summed E-state index contributed by atoms with van der Waals surface area (Å²) in [5, 5.41) is 0. The van der Waals surface area contributed by atoms with Gasteiger partial charge in [0.2, 0.25) is 0 Å². The molecule has 0 aliphatic carbocycles. The SMILES string of the molecule is Brc1ccc(Br)cc1.Cc1cc2ccccn2c1.Cc1cc2ccccn2c1-c1ccc(-c2c(C)cc3ccccn23)cc1. The van der Waals surface area contributed by atoms with Crippen molar-refractivity contribution in [3.05, 3.63) is 172 Å². The van der Waals surface area contributed by atoms with E-state index in [-0.39, 0.29) is 0 Å². The number of fused-ring (bicyclic) bond motifs is 3. The van der Waals surface area contributed by atoms with Gasteiger partial charge in [-0.25, -0.2) is 0 Å². The van der Waals surface area contributed by atoms with Gasteiger partial charge >= 0.3 is 0 Å². The maximum absolute atomic E-state index is 3.32. The van der Waals surface area contributed by atoms with Crippen molar-refractivity contribution in [1.82, 2.24) is 13.2 Å². The normalized spacial score (nSPS) is 10.8. The van der Waals surface area contributed by atoms with Gasteiger partial charge in [-0.05, 0) is 127 Å². The van der Waals surface area contributed by atoms with Gasteiger partial charge in [-0.3, -0.25) is 0 Å². The summed E-state index contributed by atoms with van der Waals surface area (Å²) in [7, 11) is 0. The summed E-state index contributed by atoms with van der Waals surface area (Å²) in [6.07, 6.45) is 8.45. The quantitative estimate of drug-likeness (QED) is 0.170. The molecule has 0 bridgehead atoms. The van der Waals surface area contributed by atoms with Gasteiger partial charge < -0.3 is 13.2 Å². The summed E-state index contributed by atoms with van der Waals surface area (Å²) in [6.45, 7) is 6.47. The highest BCUT2D eigenvalue weighted by Crippen LogP contribution is 2.31. The van der Waals surface area contributed by atoms with Crippen LogP contribution in [0.15, 0.2) is 155 Å². The molecule has 0 aliphatic heterocycles. The van der Waals surface area contributed by atoms with Gasteiger partial charge in [0.05, 0.1) is 11.4 Å². The largest absolute Gasteiger partial charge is 0.324 e. The van der Waals surface area contributed by atoms with E-state index in [0.29, 0.717) is 0 Å². The Hall–Kier alpha value is -4.32. The number of hydrogen-bond acceptors (Lipinski definition) is 0. The molecule has 6 aromatic heterocycles. The summed E-state index contributed by atoms with van der Waals surface area (Å²) < 4.78 is 8.88. The fourth-order valence-electron chi connectivity index (χ4n) is 5.66. The highest BCUT2D eigenvalue weighted by atomic mass is 79.9. The lowest BCUT2D eigenvalue weighted by atomic mass is 10.0. The molecule has 0 unspecified atom stereocenters. The van der Waals surface area contributed by atoms with Crippen LogP contribution < -0.4 is 0 Å². The first-order valence-corrected chi connectivity index (χ1v) is 16.1. The fourth-order valence-corrected chi connectivity index (χ4v) is 6.19. The predicted molar refractivity (Wildman–Crippen MR) is 193 cm³/mol. The Morgan fingerprint density at radius 2 is 0.886 bits per heavy atom. The van der Waals surface area contributed by atoms with Crippen LogP contribution >= 0.6 is 31.9 Å². The number of aromatic nitrogens is 3. The molecule has 0 fully saturated rings. The highest BCUT2D eigenvalue weighted by molar-refractivity contribution is 9.11. The standard InChI is InChI=1S/C24H20N2.C9H9N.C6H4Br2/c1-17-15-21-7-3-5-13-25(21)23(17)19-9-11-20(12-10-19)24-18(2)16-22-8-4-6-14-26(22)24;1-8-6-9-4-2-3-5-10(9)7-8;7-5-1-2-6(8)4-3-5/h3-16H,1-2H3;2-7H,1H3;1-4H. The van der Waals surface area contributed by atoms with E-state index in [0.717, 1.165) is 8.95 Å². The molecule has 0 amide bonds. The molecule has 6 heterocycles. The van der Waals surface area contributed by atoms with Crippen molar-refractivity contribution in [1.29, 1.82) is 0 Å². The second-order valence-electron chi connectivity index (χ2n) is 10.9. The highest BCUT2D eigenvalue weighted by Gasteiger charge is 2.12. The fraction of sp³-hybridized carbons (Fsp3) is 0.0769. The molecule has 8 rings (SSSR count). The number of nitrogens with zero attached hydrogens (tertiary/aromatic N) is 3. The van der Waals surface area contributed by atoms with Crippen LogP contribution in [0.2, 0.25) is 0 Å². The Labute approximate surface area is 275 Å². The Bertz CT molecular complexity index is 2010. The molecule has 0 atom stereocenters. The van der Waals surface area contributed by atoms with Crippen LogP contribution in [0.4, 0.5) is 0 Å². The third-order valence-corrected chi connectivity index (χ3v) is 8.67. The summed E-state index contributed by atoms with van der Waals surface area (Å²) in [5.74, 6) is 0. The molecule has 0 spiro atoms. The maximum Gasteiger partial charge on any atom is 0.0557 e. The van der Waals surface area contributed by atoms with Crippen LogP contribution in [0.3, 0.4) is 0 Å². The van der Waals surface area contributed by atoms with Crippen molar-refractivity contribution in [2.75, 3.05) is 0 Å². The maximum atomic E-state index is 3.32. The molecule has 2 aromatic carbocycles. The van der Waals surface area contributed by atoms with Gasteiger partial charge in [0.25, 0.3) is 0 Å². The number of pyridine rings is 3. The Morgan fingerprint density at radius 3 is 1.34 bits per heavy atom. The van der Waals surface area contributed by atoms with E-state index < -0.39 is 0 Å². The predicted octanol–water partition coefficient (Wildman–Crippen LogP) is 11.6. The average Bonchev–Trinajstić information content (AvgIpc) is 3.69. The molecule has 44 heavy (non-hydrogen) atoms. The smallest absolute Gasteiger partial charge is 0.0557 e. The molecule has 8 aromatic rings. The van der Waals surface area contributed by atoms with E-state index >= 15 is 0 Å². The van der Waals surface area contributed by atoms with Crippen LogP contribution in [0, 0.1) is 20.8 Å². The zero-order valence-electron chi connectivity index (χ0n) is 25.0. The van der Waals surface area contributed by atoms with Gasteiger partial charge in [0.1, 0.15) is 0 Å². The Kier molecular flexibility index (Phi) is 8.87. The lowest BCUT2D eigenvalue weighted by Crippen LogP contribution is -1.91. The van der Waals surface area contributed by atoms with Crippen molar-refractivity contribution in [2.45, 2.75) is 20.8 Å². The van der Waals surface area contributed by atoms with Crippen LogP contribution in [-0.2, 0) is 0 Å². The van der Waals surface area contributed by atoms with Crippen molar-refractivity contribution in [2.24, 2.45) is 0 Å². The summed E-state index contributed by atoms with van der Waals surface area (Å²) in [5.41, 5.74) is 12.7. The van der Waals surface area contributed by atoms with Crippen LogP contribution in [0.5, 0.6) is 0 Å². The Balaban J connectivity index is 0.000000155. The molecule has 0 saturated carbocycles. The van der Waals surface area contributed by atoms with E-state index in [1.807, 2.05) is 30.3 Å². The molecule has 0 aliphatic rings. The van der Waals surface area contributed by atoms with Crippen LogP contribution in [0.25, 0.3) is 39.1 Å². The van der Waals surface area contributed by atoms with Crippen molar-refractivity contribution >= 4 is 48.4 Å². The topological polar surface area (TPSA) is 13.2 Å².